The first-order chi connectivity index (χ1) is 17.5. The second kappa shape index (κ2) is 9.62. The molecule has 2 heterocycles. The highest BCUT2D eigenvalue weighted by Gasteiger charge is 2.60. The molecule has 5 rings (SSSR count). The minimum atomic E-state index is -2.00. The van der Waals surface area contributed by atoms with Crippen LogP contribution in [0, 0.1) is 0 Å². The lowest BCUT2D eigenvalue weighted by atomic mass is 9.91. The number of nitrogens with one attached hydrogen (secondary N) is 1. The summed E-state index contributed by atoms with van der Waals surface area (Å²) in [6.07, 6.45) is 2.58. The molecular formula is C29H25N3O4. The molecule has 2 atom stereocenters. The summed E-state index contributed by atoms with van der Waals surface area (Å²) in [5.74, 6) is -1.32. The van der Waals surface area contributed by atoms with Gasteiger partial charge in [0.05, 0.1) is 6.04 Å². The van der Waals surface area contributed by atoms with Gasteiger partial charge in [-0.15, -0.1) is 0 Å². The van der Waals surface area contributed by atoms with Gasteiger partial charge in [-0.25, -0.2) is 9.69 Å². The minimum absolute atomic E-state index is 0.0638. The van der Waals surface area contributed by atoms with E-state index < -0.39 is 29.6 Å². The van der Waals surface area contributed by atoms with Gasteiger partial charge < -0.3 is 10.1 Å². The van der Waals surface area contributed by atoms with Crippen molar-refractivity contribution in [3.63, 3.8) is 0 Å². The Morgan fingerprint density at radius 1 is 0.944 bits per heavy atom. The van der Waals surface area contributed by atoms with Crippen molar-refractivity contribution in [1.82, 2.24) is 15.2 Å². The molecule has 1 N–H and O–H groups in total. The molecule has 3 aromatic carbocycles. The quantitative estimate of drug-likeness (QED) is 0.392. The molecule has 1 aromatic heterocycles. The summed E-state index contributed by atoms with van der Waals surface area (Å²) in [7, 11) is 0. The van der Waals surface area contributed by atoms with E-state index in [1.165, 1.54) is 0 Å². The fourth-order valence-electron chi connectivity index (χ4n) is 4.52. The van der Waals surface area contributed by atoms with E-state index in [9.17, 15) is 14.4 Å². The number of ether oxygens (including phenoxy) is 1. The summed E-state index contributed by atoms with van der Waals surface area (Å²) in [5.41, 5.74) is 0.330. The molecule has 0 radical (unpaired) electrons. The van der Waals surface area contributed by atoms with Gasteiger partial charge in [-0.2, -0.15) is 0 Å². The summed E-state index contributed by atoms with van der Waals surface area (Å²) in [4.78, 5) is 45.6. The third-order valence-corrected chi connectivity index (χ3v) is 6.51. The molecule has 1 aliphatic heterocycles. The van der Waals surface area contributed by atoms with E-state index in [1.54, 1.807) is 31.5 Å². The number of aromatic nitrogens is 1. The normalized spacial score (nSPS) is 18.2. The van der Waals surface area contributed by atoms with Crippen molar-refractivity contribution in [3.8, 4) is 0 Å². The minimum Gasteiger partial charge on any atom is -0.422 e. The van der Waals surface area contributed by atoms with Crippen LogP contribution in [0.3, 0.4) is 0 Å². The lowest BCUT2D eigenvalue weighted by molar-refractivity contribution is -0.150. The Morgan fingerprint density at radius 3 is 2.42 bits per heavy atom. The van der Waals surface area contributed by atoms with Crippen LogP contribution in [0.4, 0.5) is 4.79 Å². The zero-order chi connectivity index (χ0) is 25.1. The summed E-state index contributed by atoms with van der Waals surface area (Å²) in [6, 6.07) is 25.3. The van der Waals surface area contributed by atoms with Crippen molar-refractivity contribution < 1.29 is 19.1 Å². The Bertz CT molecular complexity index is 1420. The average molecular weight is 480 g/mol. The van der Waals surface area contributed by atoms with Crippen LogP contribution in [0.25, 0.3) is 10.8 Å². The number of pyridine rings is 1. The van der Waals surface area contributed by atoms with Gasteiger partial charge in [0.25, 0.3) is 17.4 Å². The number of fused-ring (bicyclic) bond motifs is 1. The topological polar surface area (TPSA) is 88.6 Å². The van der Waals surface area contributed by atoms with Gasteiger partial charge in [0.15, 0.2) is 0 Å². The van der Waals surface area contributed by atoms with E-state index in [0.717, 1.165) is 26.8 Å². The molecule has 0 aliphatic carbocycles. The highest BCUT2D eigenvalue weighted by Crippen LogP contribution is 2.35. The number of hydrogen-bond donors (Lipinski definition) is 1. The van der Waals surface area contributed by atoms with Gasteiger partial charge in [0.2, 0.25) is 0 Å². The number of carbonyl (C=O) groups excluding carboxylic acids is 3. The number of carbonyl (C=O) groups is 3. The number of cyclic esters (lactones) is 1. The van der Waals surface area contributed by atoms with E-state index in [1.807, 2.05) is 72.8 Å². The Balaban J connectivity index is 1.44. The smallest absolute Gasteiger partial charge is 0.418 e. The molecule has 0 bridgehead atoms. The SMILES string of the molecule is C[C@H](c1ccccc1)N1C(=O)O[C@](Cc2ccccc2)(C(=O)NCc2ccc3cnccc3c2)C1=O. The van der Waals surface area contributed by atoms with Crippen molar-refractivity contribution in [2.75, 3.05) is 0 Å². The van der Waals surface area contributed by atoms with Crippen LogP contribution in [0.1, 0.15) is 29.7 Å². The zero-order valence-electron chi connectivity index (χ0n) is 19.8. The Labute approximate surface area is 208 Å². The molecule has 1 aliphatic rings. The second-order valence-corrected chi connectivity index (χ2v) is 8.86. The fraction of sp³-hybridized carbons (Fsp3) is 0.172. The molecule has 0 spiro atoms. The maximum Gasteiger partial charge on any atom is 0.418 e. The van der Waals surface area contributed by atoms with Crippen molar-refractivity contribution in [3.05, 3.63) is 114 Å². The molecule has 36 heavy (non-hydrogen) atoms. The van der Waals surface area contributed by atoms with Crippen molar-refractivity contribution in [1.29, 1.82) is 0 Å². The lowest BCUT2D eigenvalue weighted by Crippen LogP contribution is -2.55. The fourth-order valence-corrected chi connectivity index (χ4v) is 4.52. The predicted octanol–water partition coefficient (Wildman–Crippen LogP) is 4.57. The molecule has 1 saturated heterocycles. The van der Waals surface area contributed by atoms with E-state index in [4.69, 9.17) is 4.74 Å². The summed E-state index contributed by atoms with van der Waals surface area (Å²) in [5, 5.41) is 4.81. The number of nitrogens with zero attached hydrogens (tertiary/aromatic N) is 2. The van der Waals surface area contributed by atoms with E-state index in [0.29, 0.717) is 5.56 Å². The van der Waals surface area contributed by atoms with Crippen LogP contribution in [0.2, 0.25) is 0 Å². The average Bonchev–Trinajstić information content (AvgIpc) is 3.17. The monoisotopic (exact) mass is 479 g/mol. The summed E-state index contributed by atoms with van der Waals surface area (Å²) in [6.45, 7) is 1.92. The zero-order valence-corrected chi connectivity index (χ0v) is 19.8. The van der Waals surface area contributed by atoms with Crippen LogP contribution < -0.4 is 5.32 Å². The first-order valence-corrected chi connectivity index (χ1v) is 11.7. The maximum atomic E-state index is 13.8. The molecule has 4 aromatic rings. The van der Waals surface area contributed by atoms with E-state index >= 15 is 0 Å². The molecule has 7 heteroatoms. The first kappa shape index (κ1) is 23.2. The molecule has 180 valence electrons. The summed E-state index contributed by atoms with van der Waals surface area (Å²) >= 11 is 0. The Hall–Kier alpha value is -4.52. The van der Waals surface area contributed by atoms with Crippen LogP contribution in [0.5, 0.6) is 0 Å². The van der Waals surface area contributed by atoms with Gasteiger partial charge in [0, 0.05) is 30.7 Å². The van der Waals surface area contributed by atoms with E-state index in [-0.39, 0.29) is 13.0 Å². The highest BCUT2D eigenvalue weighted by molar-refractivity contribution is 6.17. The number of hydrogen-bond acceptors (Lipinski definition) is 5. The second-order valence-electron chi connectivity index (χ2n) is 8.86. The molecule has 1 fully saturated rings. The van der Waals surface area contributed by atoms with Crippen LogP contribution in [0.15, 0.2) is 97.3 Å². The third kappa shape index (κ3) is 4.31. The van der Waals surface area contributed by atoms with Crippen LogP contribution in [-0.4, -0.2) is 33.4 Å². The van der Waals surface area contributed by atoms with Gasteiger partial charge in [-0.3, -0.25) is 14.6 Å². The number of amides is 3. The standard InChI is InChI=1S/C29H25N3O4/c1-20(23-10-6-3-7-11-23)32-27(34)29(36-28(32)35,17-21-8-4-2-5-9-21)26(33)31-18-22-12-13-25-19-30-15-14-24(25)16-22/h2-16,19-20H,17-18H2,1H3,(H,31,33)/t20-,29-/m1/s1. The maximum absolute atomic E-state index is 13.8. The van der Waals surface area contributed by atoms with Crippen molar-refractivity contribution in [2.24, 2.45) is 0 Å². The number of imide groups is 1. The largest absolute Gasteiger partial charge is 0.422 e. The molecular weight excluding hydrogens is 454 g/mol. The molecule has 7 nitrogen and oxygen atoms in total. The third-order valence-electron chi connectivity index (χ3n) is 6.51. The van der Waals surface area contributed by atoms with Crippen LogP contribution in [-0.2, 0) is 27.3 Å². The van der Waals surface area contributed by atoms with Gasteiger partial charge >= 0.3 is 6.09 Å². The molecule has 0 unspecified atom stereocenters. The highest BCUT2D eigenvalue weighted by atomic mass is 16.6. The van der Waals surface area contributed by atoms with Crippen LogP contribution >= 0.6 is 0 Å². The van der Waals surface area contributed by atoms with Gasteiger partial charge in [-0.1, -0.05) is 72.8 Å². The Kier molecular flexibility index (Phi) is 6.21. The number of rotatable bonds is 7. The molecule has 0 saturated carbocycles. The van der Waals surface area contributed by atoms with Gasteiger partial charge in [-0.05, 0) is 41.1 Å². The predicted molar refractivity (Wildman–Crippen MR) is 135 cm³/mol. The summed E-state index contributed by atoms with van der Waals surface area (Å²) < 4.78 is 5.66. The molecule has 3 amide bonds. The van der Waals surface area contributed by atoms with Crippen molar-refractivity contribution in [2.45, 2.75) is 31.5 Å². The van der Waals surface area contributed by atoms with E-state index in [2.05, 4.69) is 10.3 Å². The first-order valence-electron chi connectivity index (χ1n) is 11.7. The lowest BCUT2D eigenvalue weighted by Gasteiger charge is -2.25. The van der Waals surface area contributed by atoms with Crippen molar-refractivity contribution >= 4 is 28.7 Å². The van der Waals surface area contributed by atoms with Gasteiger partial charge in [0.1, 0.15) is 0 Å². The number of benzene rings is 3. The Morgan fingerprint density at radius 2 is 1.67 bits per heavy atom.